The van der Waals surface area contributed by atoms with E-state index in [1.807, 2.05) is 0 Å². The third-order valence-corrected chi connectivity index (χ3v) is 28.1. The maximum atomic E-state index is 13.0. The number of allylic oxidation sites excluding steroid dienone is 4. The quantitative estimate of drug-likeness (QED) is 0.0239. The summed E-state index contributed by atoms with van der Waals surface area (Å²) in [5.41, 5.74) is 0.496. The van der Waals surface area contributed by atoms with Gasteiger partial charge in [0.05, 0.1) is 104 Å². The molecule has 0 aromatic carbocycles. The molecule has 4 rings (SSSR count). The number of hydrogen-bond donors (Lipinski definition) is 0. The second-order valence-corrected chi connectivity index (χ2v) is 40.5. The first-order chi connectivity index (χ1) is 68.9. The van der Waals surface area contributed by atoms with Gasteiger partial charge in [-0.2, -0.15) is 0 Å². The van der Waals surface area contributed by atoms with E-state index < -0.39 is 187 Å². The van der Waals surface area contributed by atoms with Gasteiger partial charge in [-0.1, -0.05) is 227 Å². The van der Waals surface area contributed by atoms with Crippen molar-refractivity contribution in [1.82, 2.24) is 44.1 Å². The molecule has 0 heterocycles. The van der Waals surface area contributed by atoms with Crippen LogP contribution in [0, 0.1) is 172 Å². The molecule has 44 heteroatoms. The van der Waals surface area contributed by atoms with Crippen LogP contribution in [0.4, 0.5) is 0 Å². The summed E-state index contributed by atoms with van der Waals surface area (Å²) in [5.74, 6) is -16.4. The van der Waals surface area contributed by atoms with E-state index in [0.29, 0.717) is 42.4 Å². The summed E-state index contributed by atoms with van der Waals surface area (Å²) in [7, 11) is 0. The molecule has 4 aliphatic rings. The van der Waals surface area contributed by atoms with E-state index in [4.69, 9.17) is 18.9 Å². The number of aliphatic carboxylic acids is 12. The number of carboxylic acid groups (broad SMARTS) is 12. The molecule has 148 heavy (non-hydrogen) atoms. The van der Waals surface area contributed by atoms with Crippen LogP contribution in [0.5, 0.6) is 0 Å². The molecule has 847 valence electrons. The minimum atomic E-state index is -1.54. The minimum absolute atomic E-state index is 0. The summed E-state index contributed by atoms with van der Waals surface area (Å²) in [6, 6.07) is 0. The molecule has 0 aliphatic heterocycles. The minimum Gasteiger partial charge on any atom is -0.549 e. The first-order valence-corrected chi connectivity index (χ1v) is 52.8. The zero-order valence-corrected chi connectivity index (χ0v) is 95.3. The van der Waals surface area contributed by atoms with Crippen LogP contribution < -0.4 is 61.3 Å². The Bertz CT molecular complexity index is 3680. The first-order valence-electron chi connectivity index (χ1n) is 52.8. The van der Waals surface area contributed by atoms with E-state index in [1.165, 1.54) is 162 Å². The van der Waals surface area contributed by atoms with Crippen molar-refractivity contribution in [3.63, 3.8) is 0 Å². The van der Waals surface area contributed by atoms with E-state index in [-0.39, 0.29) is 242 Å². The standard InChI is InChI=1S/C43H69N3O12.C31H55N3O10.C30H55N3O10.3Gd/c1-28(2)7-6-8-29(3)33-11-12-34-32-10-9-30-21-31(13-15-42(30,4)35(32)14-16-43(33,34)5)58-41(56)27-57-40(55)26-44(17-19-45(22-36(47)48)23-37(49)50)18-20-46(24-38(51)52)25-39(53)54;1-2-3-4-5-6-7-8-9-10-11-12-13-14-15-16-21-44-31(43)26-32(17-19-33(22-27(35)36)23-28(37)38)18-20-34(24-29(39)40)25-30(41)42;1-2-3-4-5-6-7-8-9-10-11-12-13-14-15-20-43-30(42)25-31(16-18-32(21-26(34)35)22-27(36)37)17-19-33(23-28(38)39)24-29(40)41;;;/h9-10,28-35H,6-8,11-27H2,1-5H3,(H,47,48)(H,49,50)(H,51,52)(H,53,54);9-10H,2-8,11-26H2,1H3,(H,35,36)(H,37,38)(H,39,40)(H,41,42);2-25H2,1H3,(H,34,35)(H,36,37)(H,38,39)(H,40,41);;;/q;;;3*+3/p-12/b;10-9-;;;;. The normalized spacial score (nSPS) is 18.3. The van der Waals surface area contributed by atoms with E-state index in [2.05, 4.69) is 72.8 Å². The number of carbonyl (C=O) groups excluding carboxylic acids is 16. The molecular weight excluding hydrogens is 2360 g/mol. The van der Waals surface area contributed by atoms with Gasteiger partial charge in [0.1, 0.15) is 6.10 Å². The number of carboxylic acids is 12. The Morgan fingerprint density at radius 2 is 0.574 bits per heavy atom. The first kappa shape index (κ1) is 145. The molecule has 3 radical (unpaired) electrons. The molecule has 0 amide bonds. The van der Waals surface area contributed by atoms with Crippen molar-refractivity contribution in [1.29, 1.82) is 0 Å². The van der Waals surface area contributed by atoms with Crippen LogP contribution in [-0.2, 0) is 95.7 Å². The summed E-state index contributed by atoms with van der Waals surface area (Å²) >= 11 is 0. The average molecular weight is 2530 g/mol. The van der Waals surface area contributed by atoms with Crippen molar-refractivity contribution < 1.29 is 277 Å². The molecule has 0 N–H and O–H groups in total. The SMILES string of the molecule is CC(C)CCCC(C)C1CCC2C3C=CC4CC(OC(=O)COC(=O)CN(CCN(CC(=O)[O-])CC(=O)[O-])CCN(CC(=O)[O-])CC(=O)[O-])CCC4(C)C3CCC12C.CCCCCCCC/C=C\CCCCCCCOC(=O)CN(CCN(CC(=O)[O-])CC(=O)[O-])CCN(CC(=O)[O-])CC(=O)[O-].CCCCCCCCCCCCCCCCOC(=O)CN(CCN(CC(=O)[O-])CC(=O)[O-])CCN(CC(=O)[O-])CC(=O)[O-].[Gd+3].[Gd+3].[Gd+3]. The van der Waals surface area contributed by atoms with Crippen LogP contribution in [0.25, 0.3) is 0 Å². The Morgan fingerprint density at radius 3 is 0.872 bits per heavy atom. The molecular formula is C104H167Gd3N9O32-3. The second-order valence-electron chi connectivity index (χ2n) is 40.5. The number of rotatable bonds is 86. The Kier molecular flexibility index (Phi) is 83.9. The van der Waals surface area contributed by atoms with Gasteiger partial charge < -0.3 is 138 Å². The van der Waals surface area contributed by atoms with Gasteiger partial charge in [0.2, 0.25) is 0 Å². The number of fused-ring (bicyclic) bond motifs is 5. The Labute approximate surface area is 972 Å². The molecule has 0 spiro atoms. The fourth-order valence-electron chi connectivity index (χ4n) is 20.6. The second kappa shape index (κ2) is 85.8. The maximum absolute atomic E-state index is 13.0. The number of nitrogens with zero attached hydrogens (tertiary/aromatic N) is 9. The molecule has 41 nitrogen and oxygen atoms in total. The van der Waals surface area contributed by atoms with Crippen molar-refractivity contribution in [2.75, 3.05) is 197 Å². The molecule has 3 saturated carbocycles. The molecule has 0 bridgehead atoms. The van der Waals surface area contributed by atoms with E-state index in [9.17, 15) is 138 Å². The third kappa shape index (κ3) is 70.9. The fraction of sp³-hybridized carbons (Fsp3) is 0.808. The average Bonchev–Trinajstić information content (AvgIpc) is 1.48. The number of unbranched alkanes of at least 4 members (excludes halogenated alkanes) is 24. The Hall–Kier alpha value is -5.39. The monoisotopic (exact) mass is 2530 g/mol. The molecule has 0 aromatic rings. The van der Waals surface area contributed by atoms with E-state index in [0.717, 1.165) is 118 Å². The third-order valence-electron chi connectivity index (χ3n) is 28.1. The predicted molar refractivity (Wildman–Crippen MR) is 509 cm³/mol. The van der Waals surface area contributed by atoms with Crippen LogP contribution in [0.15, 0.2) is 24.3 Å². The van der Waals surface area contributed by atoms with Gasteiger partial charge in [0.15, 0.2) is 6.61 Å². The van der Waals surface area contributed by atoms with Crippen LogP contribution in [0.1, 0.15) is 286 Å². The maximum Gasteiger partial charge on any atom is 3.00 e. The zero-order valence-electron chi connectivity index (χ0n) is 88.5. The van der Waals surface area contributed by atoms with Crippen molar-refractivity contribution in [3.05, 3.63) is 24.3 Å². The van der Waals surface area contributed by atoms with Gasteiger partial charge >= 0.3 is 144 Å². The van der Waals surface area contributed by atoms with Crippen molar-refractivity contribution >= 4 is 95.5 Å². The summed E-state index contributed by atoms with van der Waals surface area (Å²) in [6.07, 6.45) is 52.1. The molecule has 9 atom stereocenters. The van der Waals surface area contributed by atoms with Crippen LogP contribution in [-0.4, -0.2) is 342 Å². The van der Waals surface area contributed by atoms with Gasteiger partial charge in [-0.25, -0.2) is 4.79 Å². The van der Waals surface area contributed by atoms with Crippen molar-refractivity contribution in [3.8, 4) is 0 Å². The fourth-order valence-corrected chi connectivity index (χ4v) is 20.6. The van der Waals surface area contributed by atoms with Crippen LogP contribution >= 0.6 is 0 Å². The van der Waals surface area contributed by atoms with Gasteiger partial charge in [-0.3, -0.25) is 58.5 Å². The van der Waals surface area contributed by atoms with Crippen molar-refractivity contribution in [2.24, 2.45) is 52.3 Å². The summed E-state index contributed by atoms with van der Waals surface area (Å²) in [6.45, 7) is 6.13. The largest absolute Gasteiger partial charge is 3.00 e. The number of ether oxygens (including phenoxy) is 4. The van der Waals surface area contributed by atoms with Crippen LogP contribution in [0.3, 0.4) is 0 Å². The van der Waals surface area contributed by atoms with Crippen LogP contribution in [0.2, 0.25) is 0 Å². The van der Waals surface area contributed by atoms with E-state index >= 15 is 0 Å². The molecule has 9 unspecified atom stereocenters. The summed E-state index contributed by atoms with van der Waals surface area (Å²) in [5, 5.41) is 132. The number of esters is 4. The molecule has 3 fully saturated rings. The Balaban J connectivity index is 0. The number of hydrogen-bond acceptors (Lipinski definition) is 41. The molecule has 4 aliphatic carbocycles. The topological polar surface area (TPSA) is 616 Å². The summed E-state index contributed by atoms with van der Waals surface area (Å²) in [4.78, 5) is 194. The van der Waals surface area contributed by atoms with Gasteiger partial charge in [0, 0.05) is 157 Å². The van der Waals surface area contributed by atoms with E-state index in [1.54, 1.807) is 0 Å². The summed E-state index contributed by atoms with van der Waals surface area (Å²) < 4.78 is 21.7. The predicted octanol–water partition coefficient (Wildman–Crippen LogP) is -4.76. The number of carbonyl (C=O) groups is 16. The Morgan fingerprint density at radius 1 is 0.304 bits per heavy atom. The smallest absolute Gasteiger partial charge is 0.549 e. The zero-order chi connectivity index (χ0) is 108. The van der Waals surface area contributed by atoms with Crippen molar-refractivity contribution in [2.45, 2.75) is 292 Å². The van der Waals surface area contributed by atoms with Gasteiger partial charge in [-0.15, -0.1) is 0 Å². The molecule has 0 aromatic heterocycles. The van der Waals surface area contributed by atoms with Gasteiger partial charge in [-0.05, 0) is 136 Å². The molecule has 0 saturated heterocycles. The van der Waals surface area contributed by atoms with Gasteiger partial charge in [0.25, 0.3) is 0 Å².